The van der Waals surface area contributed by atoms with Crippen molar-refractivity contribution < 1.29 is 18.3 Å². The van der Waals surface area contributed by atoms with Gasteiger partial charge >= 0.3 is 5.97 Å². The van der Waals surface area contributed by atoms with Crippen LogP contribution in [0.2, 0.25) is 0 Å². The van der Waals surface area contributed by atoms with Gasteiger partial charge in [-0.05, 0) is 55.4 Å². The summed E-state index contributed by atoms with van der Waals surface area (Å²) in [4.78, 5) is 11.2. The zero-order chi connectivity index (χ0) is 15.9. The Morgan fingerprint density at radius 2 is 1.95 bits per heavy atom. The van der Waals surface area contributed by atoms with Crippen LogP contribution in [0, 0.1) is 25.7 Å². The van der Waals surface area contributed by atoms with E-state index in [1.807, 2.05) is 0 Å². The first-order valence-electron chi connectivity index (χ1n) is 6.95. The lowest BCUT2D eigenvalue weighted by atomic mass is 10.1. The molecule has 1 saturated carbocycles. The highest BCUT2D eigenvalue weighted by atomic mass is 32.2. The molecule has 0 aromatic heterocycles. The van der Waals surface area contributed by atoms with Gasteiger partial charge in [-0.15, -0.1) is 0 Å². The molecule has 2 rings (SSSR count). The van der Waals surface area contributed by atoms with Gasteiger partial charge in [0.2, 0.25) is 10.0 Å². The zero-order valence-electron chi connectivity index (χ0n) is 12.8. The molecule has 1 fully saturated rings. The minimum atomic E-state index is -3.66. The van der Waals surface area contributed by atoms with Crippen LogP contribution >= 0.6 is 0 Å². The van der Waals surface area contributed by atoms with E-state index in [-0.39, 0.29) is 10.5 Å². The maximum Gasteiger partial charge on any atom is 0.335 e. The molecule has 0 radical (unpaired) electrons. The standard InChI is InChI=1S/C15H21NO4S/c1-9-5-12(15(17)18)7-14(11(9)3)21(19,20)16(4)8-13-6-10(13)2/h5,7,10,13H,6,8H2,1-4H3,(H,17,18). The van der Waals surface area contributed by atoms with Crippen LogP contribution in [0.1, 0.15) is 34.8 Å². The third kappa shape index (κ3) is 3.11. The summed E-state index contributed by atoms with van der Waals surface area (Å²) in [5, 5.41) is 9.11. The Balaban J connectivity index is 2.41. The Bertz CT molecular complexity index is 681. The number of rotatable bonds is 5. The number of carboxylic acid groups (broad SMARTS) is 1. The van der Waals surface area contributed by atoms with E-state index in [1.165, 1.54) is 16.4 Å². The number of aryl methyl sites for hydroxylation is 1. The van der Waals surface area contributed by atoms with Crippen molar-refractivity contribution >= 4 is 16.0 Å². The largest absolute Gasteiger partial charge is 0.478 e. The normalized spacial score (nSPS) is 21.6. The SMILES string of the molecule is Cc1cc(C(=O)O)cc(S(=O)(=O)N(C)CC2CC2C)c1C. The highest BCUT2D eigenvalue weighted by Crippen LogP contribution is 2.39. The number of carbonyl (C=O) groups is 1. The van der Waals surface area contributed by atoms with Gasteiger partial charge in [0, 0.05) is 13.6 Å². The number of hydrogen-bond acceptors (Lipinski definition) is 3. The molecule has 116 valence electrons. The average Bonchev–Trinajstić information content (AvgIpc) is 3.07. The van der Waals surface area contributed by atoms with Gasteiger partial charge in [0.1, 0.15) is 0 Å². The molecular weight excluding hydrogens is 290 g/mol. The number of carboxylic acids is 1. The lowest BCUT2D eigenvalue weighted by molar-refractivity contribution is 0.0696. The summed E-state index contributed by atoms with van der Waals surface area (Å²) in [5.41, 5.74) is 1.28. The fraction of sp³-hybridized carbons (Fsp3) is 0.533. The van der Waals surface area contributed by atoms with Gasteiger partial charge in [-0.1, -0.05) is 6.92 Å². The van der Waals surface area contributed by atoms with E-state index in [4.69, 9.17) is 5.11 Å². The van der Waals surface area contributed by atoms with Crippen molar-refractivity contribution in [2.24, 2.45) is 11.8 Å². The second-order valence-electron chi connectivity index (χ2n) is 5.98. The van der Waals surface area contributed by atoms with Crippen molar-refractivity contribution in [2.45, 2.75) is 32.1 Å². The van der Waals surface area contributed by atoms with Gasteiger partial charge in [0.05, 0.1) is 10.5 Å². The molecule has 5 nitrogen and oxygen atoms in total. The average molecular weight is 311 g/mol. The van der Waals surface area contributed by atoms with Crippen LogP contribution in [0.15, 0.2) is 17.0 Å². The zero-order valence-corrected chi connectivity index (χ0v) is 13.6. The summed E-state index contributed by atoms with van der Waals surface area (Å²) < 4.78 is 26.7. The van der Waals surface area contributed by atoms with Crippen LogP contribution in [-0.2, 0) is 10.0 Å². The Labute approximate surface area is 125 Å². The molecule has 1 N–H and O–H groups in total. The lowest BCUT2D eigenvalue weighted by Gasteiger charge is -2.19. The van der Waals surface area contributed by atoms with Crippen LogP contribution in [0.3, 0.4) is 0 Å². The topological polar surface area (TPSA) is 74.7 Å². The molecule has 6 heteroatoms. The van der Waals surface area contributed by atoms with Gasteiger partial charge in [0.15, 0.2) is 0 Å². The number of hydrogen-bond donors (Lipinski definition) is 1. The van der Waals surface area contributed by atoms with E-state index in [9.17, 15) is 13.2 Å². The monoisotopic (exact) mass is 311 g/mol. The fourth-order valence-electron chi connectivity index (χ4n) is 2.47. The molecule has 1 aliphatic rings. The van der Waals surface area contributed by atoms with Crippen molar-refractivity contribution in [1.29, 1.82) is 0 Å². The number of sulfonamides is 1. The van der Waals surface area contributed by atoms with Crippen molar-refractivity contribution in [3.63, 3.8) is 0 Å². The van der Waals surface area contributed by atoms with E-state index in [0.29, 0.717) is 29.5 Å². The summed E-state index contributed by atoms with van der Waals surface area (Å²) in [7, 11) is -2.10. The minimum absolute atomic E-state index is 0.00450. The predicted octanol–water partition coefficient (Wildman–Crippen LogP) is 2.28. The van der Waals surface area contributed by atoms with E-state index in [0.717, 1.165) is 6.42 Å². The second-order valence-corrected chi connectivity index (χ2v) is 7.99. The Morgan fingerprint density at radius 3 is 2.43 bits per heavy atom. The van der Waals surface area contributed by atoms with E-state index < -0.39 is 16.0 Å². The maximum atomic E-state index is 12.7. The molecule has 2 unspecified atom stereocenters. The molecule has 2 atom stereocenters. The van der Waals surface area contributed by atoms with Crippen LogP contribution in [0.4, 0.5) is 0 Å². The minimum Gasteiger partial charge on any atom is -0.478 e. The Kier molecular flexibility index (Phi) is 4.13. The van der Waals surface area contributed by atoms with E-state index in [2.05, 4.69) is 6.92 Å². The third-order valence-corrected chi connectivity index (χ3v) is 6.27. The first kappa shape index (κ1) is 16.0. The van der Waals surface area contributed by atoms with Crippen molar-refractivity contribution in [3.8, 4) is 0 Å². The van der Waals surface area contributed by atoms with Crippen molar-refractivity contribution in [1.82, 2.24) is 4.31 Å². The number of benzene rings is 1. The van der Waals surface area contributed by atoms with Gasteiger partial charge in [-0.2, -0.15) is 0 Å². The molecule has 0 aliphatic heterocycles. The summed E-state index contributed by atoms with van der Waals surface area (Å²) >= 11 is 0. The fourth-order valence-corrected chi connectivity index (χ4v) is 4.02. The van der Waals surface area contributed by atoms with Crippen molar-refractivity contribution in [2.75, 3.05) is 13.6 Å². The highest BCUT2D eigenvalue weighted by Gasteiger charge is 2.36. The first-order valence-corrected chi connectivity index (χ1v) is 8.39. The first-order chi connectivity index (χ1) is 9.64. The van der Waals surface area contributed by atoms with Crippen LogP contribution in [0.25, 0.3) is 0 Å². The number of nitrogens with zero attached hydrogens (tertiary/aromatic N) is 1. The molecule has 0 spiro atoms. The summed E-state index contributed by atoms with van der Waals surface area (Å²) in [6, 6.07) is 2.76. The molecule has 0 saturated heterocycles. The molecular formula is C15H21NO4S. The molecule has 1 aromatic carbocycles. The summed E-state index contributed by atoms with van der Waals surface area (Å²) in [5.74, 6) is -0.141. The second kappa shape index (κ2) is 5.42. The molecule has 0 amide bonds. The van der Waals surface area contributed by atoms with Crippen molar-refractivity contribution in [3.05, 3.63) is 28.8 Å². The van der Waals surface area contributed by atoms with Crippen LogP contribution in [-0.4, -0.2) is 37.4 Å². The molecule has 0 bridgehead atoms. The smallest absolute Gasteiger partial charge is 0.335 e. The van der Waals surface area contributed by atoms with E-state index in [1.54, 1.807) is 20.9 Å². The quantitative estimate of drug-likeness (QED) is 0.905. The summed E-state index contributed by atoms with van der Waals surface area (Å²) in [6.45, 7) is 6.02. The molecule has 21 heavy (non-hydrogen) atoms. The van der Waals surface area contributed by atoms with Gasteiger partial charge in [0.25, 0.3) is 0 Å². The van der Waals surface area contributed by atoms with Gasteiger partial charge in [-0.25, -0.2) is 17.5 Å². The van der Waals surface area contributed by atoms with E-state index >= 15 is 0 Å². The van der Waals surface area contributed by atoms with Crippen LogP contribution < -0.4 is 0 Å². The Morgan fingerprint density at radius 1 is 1.38 bits per heavy atom. The van der Waals surface area contributed by atoms with Crippen LogP contribution in [0.5, 0.6) is 0 Å². The van der Waals surface area contributed by atoms with Gasteiger partial charge in [-0.3, -0.25) is 0 Å². The number of aromatic carboxylic acids is 1. The highest BCUT2D eigenvalue weighted by molar-refractivity contribution is 7.89. The summed E-state index contributed by atoms with van der Waals surface area (Å²) in [6.07, 6.45) is 1.05. The predicted molar refractivity (Wildman–Crippen MR) is 80.0 cm³/mol. The molecule has 1 aromatic rings. The molecule has 0 heterocycles. The lowest BCUT2D eigenvalue weighted by Crippen LogP contribution is -2.30. The van der Waals surface area contributed by atoms with Gasteiger partial charge < -0.3 is 5.11 Å². The maximum absolute atomic E-state index is 12.7. The third-order valence-electron chi connectivity index (χ3n) is 4.32. The Hall–Kier alpha value is -1.40. The molecule has 1 aliphatic carbocycles.